The van der Waals surface area contributed by atoms with Gasteiger partial charge in [0.05, 0.1) is 0 Å². The van der Waals surface area contributed by atoms with Gasteiger partial charge in [-0.25, -0.2) is 0 Å². The molecule has 2 fully saturated rings. The second kappa shape index (κ2) is 8.39. The minimum Gasteiger partial charge on any atom is -0.486 e. The number of hydrogen-bond donors (Lipinski definition) is 1. The monoisotopic (exact) mass is 382 g/mol. The number of furan rings is 1. The summed E-state index contributed by atoms with van der Waals surface area (Å²) in [4.78, 5) is 15.0. The average Bonchev–Trinajstić information content (AvgIpc) is 3.23. The number of amides is 1. The Morgan fingerprint density at radius 1 is 1.14 bits per heavy atom. The largest absolute Gasteiger partial charge is 0.486 e. The molecule has 28 heavy (non-hydrogen) atoms. The number of ether oxygens (including phenoxy) is 1. The van der Waals surface area contributed by atoms with E-state index in [0.717, 1.165) is 31.4 Å². The molecule has 5 nitrogen and oxygen atoms in total. The average molecular weight is 383 g/mol. The van der Waals surface area contributed by atoms with Crippen molar-refractivity contribution < 1.29 is 13.9 Å². The first kappa shape index (κ1) is 19.1. The van der Waals surface area contributed by atoms with E-state index in [1.165, 1.54) is 18.4 Å². The molecule has 1 aromatic carbocycles. The Balaban J connectivity index is 1.28. The van der Waals surface area contributed by atoms with E-state index in [2.05, 4.69) is 36.3 Å². The Hall–Kier alpha value is -2.27. The lowest BCUT2D eigenvalue weighted by atomic mass is 9.98. The van der Waals surface area contributed by atoms with Crippen LogP contribution in [0.4, 0.5) is 0 Å². The molecular weight excluding hydrogens is 352 g/mol. The van der Waals surface area contributed by atoms with Gasteiger partial charge in [-0.1, -0.05) is 25.5 Å². The molecule has 2 aliphatic heterocycles. The third-order valence-corrected chi connectivity index (χ3v) is 6.16. The number of nitrogens with zero attached hydrogens (tertiary/aromatic N) is 1. The van der Waals surface area contributed by atoms with Gasteiger partial charge in [0.25, 0.3) is 5.91 Å². The maximum atomic E-state index is 12.6. The summed E-state index contributed by atoms with van der Waals surface area (Å²) in [7, 11) is 2.20. The third-order valence-electron chi connectivity index (χ3n) is 6.16. The van der Waals surface area contributed by atoms with Gasteiger partial charge in [-0.05, 0) is 69.0 Å². The highest BCUT2D eigenvalue weighted by atomic mass is 16.5. The lowest BCUT2D eigenvalue weighted by molar-refractivity contribution is 0.0851. The molecule has 2 aromatic rings. The number of benzene rings is 1. The molecule has 2 bridgehead atoms. The number of fused-ring (bicyclic) bond motifs is 2. The number of hydrogen-bond acceptors (Lipinski definition) is 4. The zero-order chi connectivity index (χ0) is 19.5. The number of aryl methyl sites for hydroxylation is 1. The second-order valence-electron chi connectivity index (χ2n) is 8.14. The van der Waals surface area contributed by atoms with E-state index in [4.69, 9.17) is 9.15 Å². The van der Waals surface area contributed by atoms with E-state index in [1.807, 2.05) is 18.2 Å². The molecule has 2 saturated heterocycles. The first-order valence-electron chi connectivity index (χ1n) is 10.5. The molecule has 2 atom stereocenters. The molecule has 1 aromatic heterocycles. The highest BCUT2D eigenvalue weighted by molar-refractivity contribution is 5.91. The van der Waals surface area contributed by atoms with Crippen molar-refractivity contribution in [1.82, 2.24) is 10.2 Å². The zero-order valence-electron chi connectivity index (χ0n) is 16.8. The lowest BCUT2D eigenvalue weighted by Crippen LogP contribution is -2.48. The van der Waals surface area contributed by atoms with Crippen LogP contribution in [0.1, 0.15) is 60.9 Å². The summed E-state index contributed by atoms with van der Waals surface area (Å²) in [5.41, 5.74) is 1.31. The van der Waals surface area contributed by atoms with Crippen LogP contribution in [0.3, 0.4) is 0 Å². The van der Waals surface area contributed by atoms with Crippen molar-refractivity contribution in [3.05, 3.63) is 53.5 Å². The summed E-state index contributed by atoms with van der Waals surface area (Å²) in [6.07, 6.45) is 6.77. The smallest absolute Gasteiger partial charge is 0.287 e. The quantitative estimate of drug-likeness (QED) is 0.781. The highest BCUT2D eigenvalue weighted by Crippen LogP contribution is 2.34. The van der Waals surface area contributed by atoms with Gasteiger partial charge in [0.2, 0.25) is 0 Å². The van der Waals surface area contributed by atoms with Crippen LogP contribution in [0.15, 0.2) is 40.8 Å². The summed E-state index contributed by atoms with van der Waals surface area (Å²) >= 11 is 0. The van der Waals surface area contributed by atoms with E-state index < -0.39 is 0 Å². The van der Waals surface area contributed by atoms with Crippen LogP contribution in [0, 0.1) is 0 Å². The number of piperidine rings is 1. The van der Waals surface area contributed by atoms with Crippen molar-refractivity contribution in [2.24, 2.45) is 0 Å². The van der Waals surface area contributed by atoms with Crippen LogP contribution >= 0.6 is 0 Å². The van der Waals surface area contributed by atoms with Crippen LogP contribution < -0.4 is 10.1 Å². The van der Waals surface area contributed by atoms with Gasteiger partial charge < -0.3 is 19.4 Å². The molecule has 0 radical (unpaired) electrons. The normalized spacial score (nSPS) is 24.3. The van der Waals surface area contributed by atoms with E-state index in [-0.39, 0.29) is 11.9 Å². The predicted molar refractivity (Wildman–Crippen MR) is 109 cm³/mol. The molecule has 5 heteroatoms. The Morgan fingerprint density at radius 3 is 2.54 bits per heavy atom. The Labute approximate surface area is 167 Å². The summed E-state index contributed by atoms with van der Waals surface area (Å²) < 4.78 is 11.5. The van der Waals surface area contributed by atoms with Crippen molar-refractivity contribution in [2.45, 2.75) is 70.2 Å². The third kappa shape index (κ3) is 4.25. The van der Waals surface area contributed by atoms with Crippen molar-refractivity contribution in [2.75, 3.05) is 7.05 Å². The minimum atomic E-state index is -0.121. The molecule has 2 aliphatic rings. The standard InChI is InChI=1S/C23H30N2O3/c1-3-4-16-5-9-20(10-6-16)27-15-21-11-12-22(28-21)23(26)24-17-13-18-7-8-19(14-17)25(18)2/h5-6,9-12,17-19H,3-4,7-8,13-15H2,1-2H3,(H,24,26). The molecule has 2 unspecified atom stereocenters. The number of nitrogens with one attached hydrogen (secondary N) is 1. The fourth-order valence-corrected chi connectivity index (χ4v) is 4.56. The van der Waals surface area contributed by atoms with Gasteiger partial charge >= 0.3 is 0 Å². The van der Waals surface area contributed by atoms with Gasteiger partial charge in [-0.3, -0.25) is 4.79 Å². The number of carbonyl (C=O) groups is 1. The molecule has 150 valence electrons. The highest BCUT2D eigenvalue weighted by Gasteiger charge is 2.39. The summed E-state index contributed by atoms with van der Waals surface area (Å²) in [5, 5.41) is 3.16. The van der Waals surface area contributed by atoms with Crippen molar-refractivity contribution >= 4 is 5.91 Å². The molecule has 3 heterocycles. The fraction of sp³-hybridized carbons (Fsp3) is 0.522. The van der Waals surface area contributed by atoms with Crippen LogP contribution in [-0.4, -0.2) is 36.0 Å². The first-order valence-corrected chi connectivity index (χ1v) is 10.5. The van der Waals surface area contributed by atoms with Crippen LogP contribution in [0.25, 0.3) is 0 Å². The van der Waals surface area contributed by atoms with Gasteiger partial charge in [-0.15, -0.1) is 0 Å². The van der Waals surface area contributed by atoms with E-state index >= 15 is 0 Å². The van der Waals surface area contributed by atoms with Crippen LogP contribution in [0.5, 0.6) is 5.75 Å². The lowest BCUT2D eigenvalue weighted by Gasteiger charge is -2.36. The minimum absolute atomic E-state index is 0.121. The predicted octanol–water partition coefficient (Wildman–Crippen LogP) is 4.17. The van der Waals surface area contributed by atoms with Crippen LogP contribution in [0.2, 0.25) is 0 Å². The topological polar surface area (TPSA) is 54.7 Å². The van der Waals surface area contributed by atoms with Crippen molar-refractivity contribution in [3.63, 3.8) is 0 Å². The first-order chi connectivity index (χ1) is 13.6. The molecule has 0 aliphatic carbocycles. The molecular formula is C23H30N2O3. The van der Waals surface area contributed by atoms with E-state index in [0.29, 0.717) is 30.2 Å². The van der Waals surface area contributed by atoms with Gasteiger partial charge in [0.15, 0.2) is 5.76 Å². The Bertz CT molecular complexity index is 784. The number of carbonyl (C=O) groups excluding carboxylic acids is 1. The molecule has 0 spiro atoms. The van der Waals surface area contributed by atoms with Gasteiger partial charge in [-0.2, -0.15) is 0 Å². The molecule has 4 rings (SSSR count). The van der Waals surface area contributed by atoms with E-state index in [9.17, 15) is 4.79 Å². The molecule has 1 amide bonds. The van der Waals surface area contributed by atoms with Crippen molar-refractivity contribution in [1.29, 1.82) is 0 Å². The SMILES string of the molecule is CCCc1ccc(OCc2ccc(C(=O)NC3CC4CCC(C3)N4C)o2)cc1. The fourth-order valence-electron chi connectivity index (χ4n) is 4.56. The second-order valence-corrected chi connectivity index (χ2v) is 8.14. The van der Waals surface area contributed by atoms with Gasteiger partial charge in [0, 0.05) is 18.1 Å². The molecule has 0 saturated carbocycles. The summed E-state index contributed by atoms with van der Waals surface area (Å²) in [6.45, 7) is 2.49. The van der Waals surface area contributed by atoms with Gasteiger partial charge in [0.1, 0.15) is 18.1 Å². The summed E-state index contributed by atoms with van der Waals surface area (Å²) in [5.74, 6) is 1.71. The maximum Gasteiger partial charge on any atom is 0.287 e. The zero-order valence-corrected chi connectivity index (χ0v) is 16.8. The number of rotatable bonds is 7. The Morgan fingerprint density at radius 2 is 1.86 bits per heavy atom. The molecule has 1 N–H and O–H groups in total. The maximum absolute atomic E-state index is 12.6. The summed E-state index contributed by atoms with van der Waals surface area (Å²) in [6, 6.07) is 13.2. The Kier molecular flexibility index (Phi) is 5.72. The van der Waals surface area contributed by atoms with E-state index in [1.54, 1.807) is 6.07 Å². The van der Waals surface area contributed by atoms with Crippen molar-refractivity contribution in [3.8, 4) is 5.75 Å². The van der Waals surface area contributed by atoms with Crippen LogP contribution in [-0.2, 0) is 13.0 Å².